The van der Waals surface area contributed by atoms with Gasteiger partial charge in [-0.2, -0.15) is 5.10 Å². The van der Waals surface area contributed by atoms with Gasteiger partial charge in [-0.3, -0.25) is 4.79 Å². The van der Waals surface area contributed by atoms with Crippen LogP contribution in [0.1, 0.15) is 41.3 Å². The van der Waals surface area contributed by atoms with Crippen molar-refractivity contribution < 1.29 is 9.53 Å². The van der Waals surface area contributed by atoms with Gasteiger partial charge in [0.2, 0.25) is 0 Å². The molecule has 7 heteroatoms. The molecule has 5 rings (SSSR count). The molecule has 2 aliphatic rings. The van der Waals surface area contributed by atoms with Crippen LogP contribution in [-0.4, -0.2) is 46.0 Å². The zero-order chi connectivity index (χ0) is 20.5. The summed E-state index contributed by atoms with van der Waals surface area (Å²) in [5, 5.41) is 12.2. The Bertz CT molecular complexity index is 1050. The molecule has 0 spiro atoms. The van der Waals surface area contributed by atoms with Crippen molar-refractivity contribution in [2.45, 2.75) is 51.2 Å². The lowest BCUT2D eigenvalue weighted by Gasteiger charge is -2.25. The second-order valence-corrected chi connectivity index (χ2v) is 8.12. The van der Waals surface area contributed by atoms with Gasteiger partial charge in [-0.15, -0.1) is 0 Å². The molecule has 3 aromatic rings. The Hall–Kier alpha value is -2.93. The number of benzene rings is 1. The van der Waals surface area contributed by atoms with Crippen molar-refractivity contribution in [1.29, 1.82) is 0 Å². The van der Waals surface area contributed by atoms with E-state index in [4.69, 9.17) is 4.74 Å². The van der Waals surface area contributed by atoms with Crippen molar-refractivity contribution in [1.82, 2.24) is 20.1 Å². The largest absolute Gasteiger partial charge is 0.381 e. The molecule has 1 aromatic carbocycles. The fourth-order valence-corrected chi connectivity index (χ4v) is 4.56. The molecule has 1 saturated heterocycles. The fourth-order valence-electron chi connectivity index (χ4n) is 4.56. The first-order valence-electron chi connectivity index (χ1n) is 10.8. The Kier molecular flexibility index (Phi) is 5.12. The van der Waals surface area contributed by atoms with E-state index in [1.807, 2.05) is 17.8 Å². The van der Waals surface area contributed by atoms with E-state index in [1.165, 1.54) is 11.1 Å². The minimum absolute atomic E-state index is 0.0824. The van der Waals surface area contributed by atoms with Crippen LogP contribution in [0, 0.1) is 0 Å². The Labute approximate surface area is 175 Å². The number of hydrogen-bond acceptors (Lipinski definition) is 5. The Morgan fingerprint density at radius 1 is 1.13 bits per heavy atom. The molecule has 0 radical (unpaired) electrons. The molecule has 1 aliphatic carbocycles. The molecule has 0 atom stereocenters. The van der Waals surface area contributed by atoms with Gasteiger partial charge in [0.1, 0.15) is 0 Å². The van der Waals surface area contributed by atoms with E-state index >= 15 is 0 Å². The number of pyridine rings is 1. The molecule has 0 saturated carbocycles. The molecule has 3 heterocycles. The number of hydrogen-bond donors (Lipinski definition) is 2. The first-order valence-corrected chi connectivity index (χ1v) is 10.8. The van der Waals surface area contributed by atoms with E-state index in [0.29, 0.717) is 5.56 Å². The first-order chi connectivity index (χ1) is 14.7. The maximum Gasteiger partial charge on any atom is 0.255 e. The van der Waals surface area contributed by atoms with Crippen molar-refractivity contribution in [3.05, 3.63) is 53.3 Å². The van der Waals surface area contributed by atoms with E-state index in [1.54, 1.807) is 6.20 Å². The van der Waals surface area contributed by atoms with Gasteiger partial charge in [-0.1, -0.05) is 24.3 Å². The van der Waals surface area contributed by atoms with Crippen LogP contribution in [0.25, 0.3) is 11.0 Å². The smallest absolute Gasteiger partial charge is 0.255 e. The number of rotatable bonds is 5. The van der Waals surface area contributed by atoms with E-state index in [-0.39, 0.29) is 18.0 Å². The minimum atomic E-state index is -0.0824. The number of nitrogens with zero attached hydrogens (tertiary/aromatic N) is 3. The van der Waals surface area contributed by atoms with Gasteiger partial charge in [0.15, 0.2) is 5.65 Å². The molecule has 30 heavy (non-hydrogen) atoms. The van der Waals surface area contributed by atoms with Crippen LogP contribution < -0.4 is 10.6 Å². The zero-order valence-electron chi connectivity index (χ0n) is 17.2. The Morgan fingerprint density at radius 3 is 2.57 bits per heavy atom. The minimum Gasteiger partial charge on any atom is -0.381 e. The van der Waals surface area contributed by atoms with Gasteiger partial charge in [0, 0.05) is 38.0 Å². The highest BCUT2D eigenvalue weighted by atomic mass is 16.5. The molecule has 2 aromatic heterocycles. The lowest BCUT2D eigenvalue weighted by molar-refractivity contribution is 0.0903. The number of carbonyl (C=O) groups is 1. The van der Waals surface area contributed by atoms with Crippen LogP contribution in [0.2, 0.25) is 0 Å². The average molecular weight is 406 g/mol. The lowest BCUT2D eigenvalue weighted by atomic mass is 10.1. The second-order valence-electron chi connectivity index (χ2n) is 8.12. The van der Waals surface area contributed by atoms with Crippen molar-refractivity contribution >= 4 is 22.6 Å². The number of nitrogens with one attached hydrogen (secondary N) is 2. The van der Waals surface area contributed by atoms with Crippen molar-refractivity contribution in [2.24, 2.45) is 0 Å². The number of ether oxygens (including phenoxy) is 1. The summed E-state index contributed by atoms with van der Waals surface area (Å²) >= 11 is 0. The number of carbonyl (C=O) groups excluding carboxylic acids is 1. The van der Waals surface area contributed by atoms with E-state index in [0.717, 1.165) is 62.2 Å². The summed E-state index contributed by atoms with van der Waals surface area (Å²) < 4.78 is 7.36. The Balaban J connectivity index is 1.43. The third-order valence-electron chi connectivity index (χ3n) is 6.17. The van der Waals surface area contributed by atoms with Crippen LogP contribution in [0.15, 0.2) is 36.7 Å². The SMILES string of the molecule is CCn1ncc2c(NC3CCOCC3)c(C(=O)NC3Cc4ccccc4C3)cnc21. The van der Waals surface area contributed by atoms with Crippen LogP contribution in [0.5, 0.6) is 0 Å². The highest BCUT2D eigenvalue weighted by molar-refractivity contribution is 6.06. The highest BCUT2D eigenvalue weighted by Crippen LogP contribution is 2.29. The fraction of sp³-hybridized carbons (Fsp3) is 0.435. The maximum atomic E-state index is 13.3. The van der Waals surface area contributed by atoms with E-state index in [2.05, 4.69) is 45.0 Å². The molecule has 0 unspecified atom stereocenters. The normalized spacial score (nSPS) is 17.2. The number of aromatic nitrogens is 3. The number of anilines is 1. The average Bonchev–Trinajstić information content (AvgIpc) is 3.38. The third-order valence-corrected chi connectivity index (χ3v) is 6.17. The molecule has 7 nitrogen and oxygen atoms in total. The number of aryl methyl sites for hydroxylation is 1. The lowest BCUT2D eigenvalue weighted by Crippen LogP contribution is -2.36. The second kappa shape index (κ2) is 8.07. The maximum absolute atomic E-state index is 13.3. The monoisotopic (exact) mass is 405 g/mol. The van der Waals surface area contributed by atoms with Crippen molar-refractivity contribution in [3.63, 3.8) is 0 Å². The van der Waals surface area contributed by atoms with Crippen LogP contribution in [0.4, 0.5) is 5.69 Å². The predicted octanol–water partition coefficient (Wildman–Crippen LogP) is 2.94. The van der Waals surface area contributed by atoms with Gasteiger partial charge in [-0.05, 0) is 43.7 Å². The molecular formula is C23H27N5O2. The first kappa shape index (κ1) is 19.1. The van der Waals surface area contributed by atoms with Gasteiger partial charge < -0.3 is 15.4 Å². The summed E-state index contributed by atoms with van der Waals surface area (Å²) in [6, 6.07) is 8.79. The van der Waals surface area contributed by atoms with Gasteiger partial charge >= 0.3 is 0 Å². The summed E-state index contributed by atoms with van der Waals surface area (Å²) in [4.78, 5) is 17.9. The highest BCUT2D eigenvalue weighted by Gasteiger charge is 2.26. The van der Waals surface area contributed by atoms with Crippen LogP contribution in [0.3, 0.4) is 0 Å². The van der Waals surface area contributed by atoms with E-state index in [9.17, 15) is 4.79 Å². The number of amides is 1. The van der Waals surface area contributed by atoms with E-state index < -0.39 is 0 Å². The van der Waals surface area contributed by atoms with Gasteiger partial charge in [0.25, 0.3) is 5.91 Å². The quantitative estimate of drug-likeness (QED) is 0.682. The molecule has 0 bridgehead atoms. The standard InChI is InChI=1S/C23H27N5O2/c1-2-28-22-19(14-25-28)21(26-17-7-9-30-10-8-17)20(13-24-22)23(29)27-18-11-15-5-3-4-6-16(15)12-18/h3-6,13-14,17-18H,2,7-12H2,1H3,(H,24,26)(H,27,29). The van der Waals surface area contributed by atoms with Crippen molar-refractivity contribution in [3.8, 4) is 0 Å². The van der Waals surface area contributed by atoms with Crippen LogP contribution >= 0.6 is 0 Å². The van der Waals surface area contributed by atoms with Gasteiger partial charge in [-0.25, -0.2) is 9.67 Å². The summed E-state index contributed by atoms with van der Waals surface area (Å²) in [5.74, 6) is -0.0824. The molecule has 1 aliphatic heterocycles. The molecule has 1 fully saturated rings. The molecular weight excluding hydrogens is 378 g/mol. The molecule has 1 amide bonds. The third kappa shape index (κ3) is 3.54. The summed E-state index contributed by atoms with van der Waals surface area (Å²) in [7, 11) is 0. The molecule has 156 valence electrons. The zero-order valence-corrected chi connectivity index (χ0v) is 17.2. The summed E-state index contributed by atoms with van der Waals surface area (Å²) in [5.41, 5.74) is 4.86. The molecule has 2 N–H and O–H groups in total. The van der Waals surface area contributed by atoms with Gasteiger partial charge in [0.05, 0.1) is 22.8 Å². The summed E-state index contributed by atoms with van der Waals surface area (Å²) in [6.07, 6.45) is 7.09. The summed E-state index contributed by atoms with van der Waals surface area (Å²) in [6.45, 7) is 4.25. The van der Waals surface area contributed by atoms with Crippen LogP contribution in [-0.2, 0) is 24.1 Å². The predicted molar refractivity (Wildman–Crippen MR) is 116 cm³/mol. The topological polar surface area (TPSA) is 81.1 Å². The Morgan fingerprint density at radius 2 is 1.87 bits per heavy atom. The van der Waals surface area contributed by atoms with Crippen molar-refractivity contribution in [2.75, 3.05) is 18.5 Å². The number of fused-ring (bicyclic) bond motifs is 2.